The lowest BCUT2D eigenvalue weighted by Gasteiger charge is -2.53. The second-order valence-corrected chi connectivity index (χ2v) is 24.7. The summed E-state index contributed by atoms with van der Waals surface area (Å²) < 4.78 is 30.9. The van der Waals surface area contributed by atoms with E-state index in [0.717, 1.165) is 76.4 Å². The number of nitrogens with zero attached hydrogens (tertiary/aromatic N) is 3. The molecule has 10 saturated carbocycles. The van der Waals surface area contributed by atoms with Crippen LogP contribution in [-0.2, 0) is 86.0 Å². The smallest absolute Gasteiger partial charge is 0.333 e. The monoisotopic (exact) mass is 1100 g/mol. The lowest BCUT2D eigenvalue weighted by Crippen LogP contribution is -2.68. The second kappa shape index (κ2) is 20.5. The maximum atomic E-state index is 12.8. The van der Waals surface area contributed by atoms with Crippen LogP contribution < -0.4 is 0 Å². The van der Waals surface area contributed by atoms with Crippen molar-refractivity contribution in [2.24, 2.45) is 101 Å². The van der Waals surface area contributed by atoms with Crippen LogP contribution in [0, 0.1) is 101 Å². The largest absolute Gasteiger partial charge is 0.463 e. The summed E-state index contributed by atoms with van der Waals surface area (Å²) in [5.41, 5.74) is 0.229. The van der Waals surface area contributed by atoms with Crippen molar-refractivity contribution in [2.75, 3.05) is 19.8 Å². The Bertz CT molecular complexity index is 2740. The summed E-state index contributed by atoms with van der Waals surface area (Å²) in [6, 6.07) is -0.198. The summed E-state index contributed by atoms with van der Waals surface area (Å²) in [5.74, 6) is 0.905. The quantitative estimate of drug-likeness (QED) is 0.0893. The van der Waals surface area contributed by atoms with E-state index in [1.54, 1.807) is 0 Å². The van der Waals surface area contributed by atoms with E-state index in [1.807, 2.05) is 0 Å². The third-order valence-electron chi connectivity index (χ3n) is 21.1. The Labute approximate surface area is 456 Å². The first-order valence-corrected chi connectivity index (χ1v) is 28.1. The van der Waals surface area contributed by atoms with Crippen molar-refractivity contribution in [3.8, 4) is 0 Å². The molecular formula is C58H69N3O18. The molecule has 0 aromatic heterocycles. The van der Waals surface area contributed by atoms with Crippen molar-refractivity contribution in [2.45, 2.75) is 128 Å². The standard InChI is InChI=1S/C21H25NO6.C20H23NO6.C17H21NO6/c1-8(2)21(26)27-7-15(24)22-19-13-6-12(18(19)20(22)25)17-11-4-10(16(13)17)5-14(11)28-9(3)23;1-3-15(24)26-7-14(23)21-19-12-6-11(18(19)20(21)25)17-10-4-9(16(12)17)5-13(10)27-8(2)22;1-3-16(21)23-8-15(20)18-14-7-11-5-12(24-9(2)19)4-10(11)6-13(14)17(18)22/h10-14,16-19H,1,4-7H2,2-3H3;3,9-13,16-19H,1,4-7H2,2H3;3,10-14H,1,4-8H2,2H3. The maximum absolute atomic E-state index is 12.8. The van der Waals surface area contributed by atoms with Crippen molar-refractivity contribution in [1.29, 1.82) is 0 Å². The van der Waals surface area contributed by atoms with Gasteiger partial charge in [-0.05, 0) is 154 Å². The molecule has 6 amide bonds. The molecule has 3 heterocycles. The molecule has 13 aliphatic rings. The third kappa shape index (κ3) is 8.93. The average Bonchev–Trinajstić information content (AvgIpc) is 4.43. The summed E-state index contributed by atoms with van der Waals surface area (Å²) in [4.78, 5) is 146. The molecule has 3 aliphatic heterocycles. The van der Waals surface area contributed by atoms with Crippen LogP contribution in [0.25, 0.3) is 0 Å². The fourth-order valence-corrected chi connectivity index (χ4v) is 19.1. The molecule has 79 heavy (non-hydrogen) atoms. The molecule has 0 radical (unpaired) electrons. The summed E-state index contributed by atoms with van der Waals surface area (Å²) in [6.07, 6.45) is 10.9. The van der Waals surface area contributed by atoms with Crippen molar-refractivity contribution in [3.63, 3.8) is 0 Å². The first-order chi connectivity index (χ1) is 37.6. The number of β-lactam (4-membered cyclic amide) rings is 3. The summed E-state index contributed by atoms with van der Waals surface area (Å²) >= 11 is 0. The van der Waals surface area contributed by atoms with E-state index in [2.05, 4.69) is 19.7 Å². The molecule has 3 saturated heterocycles. The van der Waals surface area contributed by atoms with Crippen LogP contribution >= 0.6 is 0 Å². The van der Waals surface area contributed by atoms with Gasteiger partial charge in [-0.15, -0.1) is 0 Å². The summed E-state index contributed by atoms with van der Waals surface area (Å²) in [5, 5.41) is 0. The number of fused-ring (bicyclic) bond motifs is 26. The van der Waals surface area contributed by atoms with Gasteiger partial charge >= 0.3 is 35.8 Å². The Hall–Kier alpha value is -6.54. The highest BCUT2D eigenvalue weighted by molar-refractivity contribution is 6.05. The zero-order chi connectivity index (χ0) is 56.4. The third-order valence-corrected chi connectivity index (χ3v) is 21.1. The number of amides is 6. The number of carbonyl (C=O) groups is 12. The molecule has 424 valence electrons. The van der Waals surface area contributed by atoms with Crippen molar-refractivity contribution in [1.82, 2.24) is 14.7 Å². The molecule has 23 unspecified atom stereocenters. The number of hydrogen-bond acceptors (Lipinski definition) is 18. The van der Waals surface area contributed by atoms with E-state index >= 15 is 0 Å². The van der Waals surface area contributed by atoms with Crippen LogP contribution in [0.15, 0.2) is 37.5 Å². The number of hydrogen-bond donors (Lipinski definition) is 0. The van der Waals surface area contributed by atoms with Crippen LogP contribution in [0.2, 0.25) is 0 Å². The molecule has 0 spiro atoms. The Kier molecular flexibility index (Phi) is 14.1. The minimum Gasteiger partial charge on any atom is -0.463 e. The SMILES string of the molecule is C=C(C)C(=O)OCC(=O)N1C(=O)C2C3CC(C4C5CC(OC(C)=O)C(C5)C34)C21.C=CC(=O)OCC(=O)N1C(=O)C2C3CC(C4C5CC(OC(C)=O)C(C5)C34)C21.C=CC(=O)OCC(=O)N1C(=O)C2CC3CC(OC(C)=O)CC3CC21. The highest BCUT2D eigenvalue weighted by Gasteiger charge is 2.76. The molecule has 13 rings (SSSR count). The molecular weight excluding hydrogens is 1030 g/mol. The Morgan fingerprint density at radius 2 is 0.899 bits per heavy atom. The fourth-order valence-electron chi connectivity index (χ4n) is 19.1. The molecule has 0 N–H and O–H groups in total. The van der Waals surface area contributed by atoms with Gasteiger partial charge in [-0.1, -0.05) is 19.7 Å². The van der Waals surface area contributed by atoms with Gasteiger partial charge in [0.05, 0.1) is 35.9 Å². The van der Waals surface area contributed by atoms with Gasteiger partial charge in [-0.25, -0.2) is 14.4 Å². The van der Waals surface area contributed by atoms with Gasteiger partial charge in [0.2, 0.25) is 17.7 Å². The number of rotatable bonds is 12. The van der Waals surface area contributed by atoms with Crippen molar-refractivity contribution >= 4 is 71.3 Å². The summed E-state index contributed by atoms with van der Waals surface area (Å²) in [7, 11) is 0. The molecule has 0 aromatic rings. The molecule has 21 heteroatoms. The van der Waals surface area contributed by atoms with Crippen LogP contribution in [0.1, 0.15) is 91.9 Å². The van der Waals surface area contributed by atoms with E-state index in [1.165, 1.54) is 42.4 Å². The van der Waals surface area contributed by atoms with Crippen LogP contribution in [0.4, 0.5) is 0 Å². The second-order valence-electron chi connectivity index (χ2n) is 24.7. The first kappa shape index (κ1) is 54.4. The lowest BCUT2D eigenvalue weighted by molar-refractivity contribution is -0.181. The zero-order valence-corrected chi connectivity index (χ0v) is 44.9. The molecule has 23 atom stereocenters. The van der Waals surface area contributed by atoms with E-state index in [-0.39, 0.29) is 95.4 Å². The summed E-state index contributed by atoms with van der Waals surface area (Å²) in [6.45, 7) is 14.6. The van der Waals surface area contributed by atoms with Crippen molar-refractivity contribution < 1.29 is 86.0 Å². The normalized spacial score (nSPS) is 41.3. The minimum absolute atomic E-state index is 0.00206. The molecule has 21 nitrogen and oxygen atoms in total. The van der Waals surface area contributed by atoms with Gasteiger partial charge in [0.15, 0.2) is 19.8 Å². The average molecular weight is 1100 g/mol. The Balaban J connectivity index is 0.000000126. The van der Waals surface area contributed by atoms with Gasteiger partial charge < -0.3 is 28.4 Å². The first-order valence-electron chi connectivity index (χ1n) is 28.1. The van der Waals surface area contributed by atoms with Gasteiger partial charge in [0.1, 0.15) is 18.3 Å². The number of imide groups is 3. The van der Waals surface area contributed by atoms with Gasteiger partial charge in [0.25, 0.3) is 17.7 Å². The Morgan fingerprint density at radius 3 is 1.33 bits per heavy atom. The minimum atomic E-state index is -0.684. The van der Waals surface area contributed by atoms with Crippen LogP contribution in [0.5, 0.6) is 0 Å². The maximum Gasteiger partial charge on any atom is 0.333 e. The van der Waals surface area contributed by atoms with E-state index < -0.39 is 55.5 Å². The predicted octanol–water partition coefficient (Wildman–Crippen LogP) is 3.06. The zero-order valence-electron chi connectivity index (χ0n) is 44.9. The molecule has 13 fully saturated rings. The van der Waals surface area contributed by atoms with Crippen molar-refractivity contribution in [3.05, 3.63) is 37.5 Å². The fraction of sp³-hybridized carbons (Fsp3) is 0.690. The number of carbonyl (C=O) groups excluding carboxylic acids is 12. The Morgan fingerprint density at radius 1 is 0.468 bits per heavy atom. The molecule has 10 aliphatic carbocycles. The molecule has 0 aromatic carbocycles. The molecule has 8 bridgehead atoms. The number of likely N-dealkylation sites (tertiary alicyclic amines) is 3. The highest BCUT2D eigenvalue weighted by atomic mass is 16.6. The van der Waals surface area contributed by atoms with E-state index in [9.17, 15) is 57.5 Å². The highest BCUT2D eigenvalue weighted by Crippen LogP contribution is 2.73. The topological polar surface area (TPSA) is 270 Å². The predicted molar refractivity (Wildman–Crippen MR) is 267 cm³/mol. The lowest BCUT2D eigenvalue weighted by atomic mass is 9.61. The number of esters is 6. The van der Waals surface area contributed by atoms with Gasteiger partial charge in [0, 0.05) is 38.5 Å². The van der Waals surface area contributed by atoms with Crippen LogP contribution in [-0.4, -0.2) is 142 Å². The van der Waals surface area contributed by atoms with Gasteiger partial charge in [-0.3, -0.25) is 57.9 Å². The van der Waals surface area contributed by atoms with E-state index in [0.29, 0.717) is 82.9 Å². The number of ether oxygens (including phenoxy) is 6. The van der Waals surface area contributed by atoms with E-state index in [4.69, 9.17) is 28.4 Å². The van der Waals surface area contributed by atoms with Gasteiger partial charge in [-0.2, -0.15) is 0 Å². The van der Waals surface area contributed by atoms with Crippen LogP contribution in [0.3, 0.4) is 0 Å².